The summed E-state index contributed by atoms with van der Waals surface area (Å²) in [5, 5.41) is 12.3. The van der Waals surface area contributed by atoms with Gasteiger partial charge in [-0.2, -0.15) is 5.26 Å². The molecule has 1 aliphatic rings. The van der Waals surface area contributed by atoms with Gasteiger partial charge in [0.25, 0.3) is 5.91 Å². The van der Waals surface area contributed by atoms with Gasteiger partial charge >= 0.3 is 0 Å². The third-order valence-electron chi connectivity index (χ3n) is 4.51. The molecule has 26 heavy (non-hydrogen) atoms. The quantitative estimate of drug-likeness (QED) is 0.516. The normalized spacial score (nSPS) is 16.0. The van der Waals surface area contributed by atoms with Gasteiger partial charge in [-0.3, -0.25) is 4.79 Å². The highest BCUT2D eigenvalue weighted by molar-refractivity contribution is 9.10. The summed E-state index contributed by atoms with van der Waals surface area (Å²) >= 11 is 3.50. The first-order valence-corrected chi connectivity index (χ1v) is 9.74. The van der Waals surface area contributed by atoms with Gasteiger partial charge < -0.3 is 14.8 Å². The number of methoxy groups -OCH3 is 1. The molecule has 1 N–H and O–H groups in total. The largest absolute Gasteiger partial charge is 0.493 e. The first kappa shape index (κ1) is 20.3. The van der Waals surface area contributed by atoms with Crippen molar-refractivity contribution in [3.63, 3.8) is 0 Å². The van der Waals surface area contributed by atoms with E-state index in [1.807, 2.05) is 26.0 Å². The molecule has 1 saturated carbocycles. The number of carbonyl (C=O) groups is 1. The van der Waals surface area contributed by atoms with Crippen LogP contribution >= 0.6 is 15.9 Å². The van der Waals surface area contributed by atoms with Crippen LogP contribution in [0.4, 0.5) is 0 Å². The molecule has 0 bridgehead atoms. The third kappa shape index (κ3) is 5.25. The van der Waals surface area contributed by atoms with Crippen LogP contribution in [0.5, 0.6) is 11.5 Å². The molecule has 1 aliphatic carbocycles. The highest BCUT2D eigenvalue weighted by Crippen LogP contribution is 2.38. The van der Waals surface area contributed by atoms with Gasteiger partial charge in [0, 0.05) is 6.04 Å². The van der Waals surface area contributed by atoms with Crippen molar-refractivity contribution in [1.29, 1.82) is 5.26 Å². The maximum absolute atomic E-state index is 12.4. The molecule has 1 aromatic carbocycles. The monoisotopic (exact) mass is 420 g/mol. The van der Waals surface area contributed by atoms with E-state index >= 15 is 0 Å². The van der Waals surface area contributed by atoms with E-state index in [1.165, 1.54) is 0 Å². The van der Waals surface area contributed by atoms with Crippen LogP contribution in [0.1, 0.15) is 51.5 Å². The zero-order valence-electron chi connectivity index (χ0n) is 15.5. The molecule has 0 aromatic heterocycles. The summed E-state index contributed by atoms with van der Waals surface area (Å²) in [6.07, 6.45) is 6.70. The van der Waals surface area contributed by atoms with Gasteiger partial charge in [-0.25, -0.2) is 0 Å². The van der Waals surface area contributed by atoms with Crippen LogP contribution in [0.25, 0.3) is 6.08 Å². The molecule has 0 unspecified atom stereocenters. The Balaban J connectivity index is 2.25. The fraction of sp³-hybridized carbons (Fsp3) is 0.500. The van der Waals surface area contributed by atoms with Crippen molar-refractivity contribution in [2.24, 2.45) is 0 Å². The lowest BCUT2D eigenvalue weighted by Gasteiger charge is -2.17. The average molecular weight is 421 g/mol. The Hall–Kier alpha value is -2.00. The molecule has 140 valence electrons. The molecule has 5 nitrogen and oxygen atoms in total. The van der Waals surface area contributed by atoms with E-state index in [-0.39, 0.29) is 23.6 Å². The van der Waals surface area contributed by atoms with Gasteiger partial charge in [0.05, 0.1) is 17.7 Å². The van der Waals surface area contributed by atoms with Crippen molar-refractivity contribution in [3.05, 3.63) is 27.7 Å². The number of ether oxygens (including phenoxy) is 2. The van der Waals surface area contributed by atoms with Crippen molar-refractivity contribution in [3.8, 4) is 17.6 Å². The lowest BCUT2D eigenvalue weighted by molar-refractivity contribution is -0.117. The molecule has 0 heterocycles. The second-order valence-corrected chi connectivity index (χ2v) is 7.35. The van der Waals surface area contributed by atoms with E-state index in [1.54, 1.807) is 19.3 Å². The molecule has 1 atom stereocenters. The number of nitrogens with zero attached hydrogens (tertiary/aromatic N) is 1. The first-order chi connectivity index (χ1) is 12.5. The Morgan fingerprint density at radius 3 is 2.73 bits per heavy atom. The number of hydrogen-bond acceptors (Lipinski definition) is 4. The Bertz CT molecular complexity index is 719. The van der Waals surface area contributed by atoms with E-state index in [2.05, 4.69) is 21.2 Å². The smallest absolute Gasteiger partial charge is 0.262 e. The fourth-order valence-electron chi connectivity index (χ4n) is 2.87. The number of carbonyl (C=O) groups excluding carboxylic acids is 1. The standard InChI is InChI=1S/C20H25BrN2O3/c1-4-13(2)26-19-17(21)10-14(11-18(19)25-3)9-15(12-22)20(24)23-16-7-5-6-8-16/h9-11,13,16H,4-8H2,1-3H3,(H,23,24)/b15-9-/t13-/m0/s1. The van der Waals surface area contributed by atoms with E-state index in [0.29, 0.717) is 17.1 Å². The molecule has 1 aromatic rings. The van der Waals surface area contributed by atoms with Gasteiger partial charge in [0.15, 0.2) is 11.5 Å². The number of halogens is 1. The Labute approximate surface area is 163 Å². The zero-order valence-corrected chi connectivity index (χ0v) is 17.1. The summed E-state index contributed by atoms with van der Waals surface area (Å²) < 4.78 is 12.0. The molecular formula is C20H25BrN2O3. The summed E-state index contributed by atoms with van der Waals surface area (Å²) in [5.41, 5.74) is 0.782. The van der Waals surface area contributed by atoms with Crippen LogP contribution < -0.4 is 14.8 Å². The number of amides is 1. The Morgan fingerprint density at radius 2 is 2.15 bits per heavy atom. The molecule has 2 rings (SSSR count). The van der Waals surface area contributed by atoms with Crippen LogP contribution in [0.15, 0.2) is 22.2 Å². The molecule has 0 saturated heterocycles. The van der Waals surface area contributed by atoms with Crippen molar-refractivity contribution in [2.45, 2.75) is 58.1 Å². The topological polar surface area (TPSA) is 71.3 Å². The third-order valence-corrected chi connectivity index (χ3v) is 5.10. The van der Waals surface area contributed by atoms with Gasteiger partial charge in [-0.1, -0.05) is 19.8 Å². The molecule has 0 spiro atoms. The lowest BCUT2D eigenvalue weighted by atomic mass is 10.1. The minimum absolute atomic E-state index is 0.0495. The predicted molar refractivity (Wildman–Crippen MR) is 105 cm³/mol. The van der Waals surface area contributed by atoms with Crippen LogP contribution in [0.3, 0.4) is 0 Å². The first-order valence-electron chi connectivity index (χ1n) is 8.95. The summed E-state index contributed by atoms with van der Waals surface area (Å²) in [6.45, 7) is 4.03. The molecule has 0 radical (unpaired) electrons. The number of hydrogen-bond donors (Lipinski definition) is 1. The zero-order chi connectivity index (χ0) is 19.1. The lowest BCUT2D eigenvalue weighted by Crippen LogP contribution is -2.33. The summed E-state index contributed by atoms with van der Waals surface area (Å²) in [5.74, 6) is 0.849. The Morgan fingerprint density at radius 1 is 1.46 bits per heavy atom. The van der Waals surface area contributed by atoms with Gasteiger partial charge in [-0.05, 0) is 65.9 Å². The van der Waals surface area contributed by atoms with Crippen molar-refractivity contribution in [2.75, 3.05) is 7.11 Å². The molecule has 6 heteroatoms. The van der Waals surface area contributed by atoms with Gasteiger partial charge in [-0.15, -0.1) is 0 Å². The van der Waals surface area contributed by atoms with E-state index in [9.17, 15) is 10.1 Å². The van der Waals surface area contributed by atoms with Crippen LogP contribution in [0, 0.1) is 11.3 Å². The van der Waals surface area contributed by atoms with Crippen LogP contribution in [-0.2, 0) is 4.79 Å². The molecule has 1 amide bonds. The molecular weight excluding hydrogens is 396 g/mol. The maximum Gasteiger partial charge on any atom is 0.262 e. The van der Waals surface area contributed by atoms with E-state index in [4.69, 9.17) is 9.47 Å². The van der Waals surface area contributed by atoms with Crippen molar-refractivity contribution in [1.82, 2.24) is 5.32 Å². The van der Waals surface area contributed by atoms with E-state index in [0.717, 1.165) is 36.6 Å². The fourth-order valence-corrected chi connectivity index (χ4v) is 3.42. The number of nitriles is 1. The number of benzene rings is 1. The van der Waals surface area contributed by atoms with Crippen molar-refractivity contribution < 1.29 is 14.3 Å². The predicted octanol–water partition coefficient (Wildman–Crippen LogP) is 4.60. The second kappa shape index (κ2) is 9.63. The van der Waals surface area contributed by atoms with Gasteiger partial charge in [0.1, 0.15) is 11.6 Å². The Kier molecular flexibility index (Phi) is 7.52. The number of rotatable bonds is 7. The van der Waals surface area contributed by atoms with Crippen LogP contribution in [0.2, 0.25) is 0 Å². The minimum atomic E-state index is -0.325. The van der Waals surface area contributed by atoms with E-state index < -0.39 is 0 Å². The average Bonchev–Trinajstić information content (AvgIpc) is 3.14. The highest BCUT2D eigenvalue weighted by atomic mass is 79.9. The highest BCUT2D eigenvalue weighted by Gasteiger charge is 2.20. The van der Waals surface area contributed by atoms with Gasteiger partial charge in [0.2, 0.25) is 0 Å². The number of nitrogens with one attached hydrogen (secondary N) is 1. The molecule has 0 aliphatic heterocycles. The maximum atomic E-state index is 12.4. The second-order valence-electron chi connectivity index (χ2n) is 6.50. The SMILES string of the molecule is CC[C@H](C)Oc1c(Br)cc(/C=C(/C#N)C(=O)NC2CCCC2)cc1OC. The summed E-state index contributed by atoms with van der Waals surface area (Å²) in [6, 6.07) is 5.76. The minimum Gasteiger partial charge on any atom is -0.493 e. The summed E-state index contributed by atoms with van der Waals surface area (Å²) in [4.78, 5) is 12.4. The van der Waals surface area contributed by atoms with Crippen molar-refractivity contribution >= 4 is 27.9 Å². The molecule has 1 fully saturated rings. The van der Waals surface area contributed by atoms with Crippen LogP contribution in [-0.4, -0.2) is 25.2 Å². The summed E-state index contributed by atoms with van der Waals surface area (Å²) in [7, 11) is 1.57.